The molecule has 1 saturated heterocycles. The molecule has 2 atom stereocenters. The molecule has 1 aromatic heterocycles. The van der Waals surface area contributed by atoms with E-state index in [1.165, 1.54) is 0 Å². The lowest BCUT2D eigenvalue weighted by Gasteiger charge is -2.32. The van der Waals surface area contributed by atoms with E-state index >= 15 is 0 Å². The van der Waals surface area contributed by atoms with Crippen LogP contribution in [-0.2, 0) is 27.4 Å². The number of nitrogens with zero attached hydrogens (tertiary/aromatic N) is 4. The second-order valence-electron chi connectivity index (χ2n) is 9.80. The Bertz CT molecular complexity index is 1410. The van der Waals surface area contributed by atoms with Gasteiger partial charge in [0.25, 0.3) is 0 Å². The highest BCUT2D eigenvalue weighted by molar-refractivity contribution is 5.89. The summed E-state index contributed by atoms with van der Waals surface area (Å²) < 4.78 is 12.6. The van der Waals surface area contributed by atoms with E-state index in [0.29, 0.717) is 30.0 Å². The second kappa shape index (κ2) is 12.1. The molecule has 1 aliphatic rings. The molecule has 0 unspecified atom stereocenters. The summed E-state index contributed by atoms with van der Waals surface area (Å²) >= 11 is 0. The van der Waals surface area contributed by atoms with Crippen molar-refractivity contribution in [3.63, 3.8) is 0 Å². The molecule has 9 nitrogen and oxygen atoms in total. The van der Waals surface area contributed by atoms with Crippen molar-refractivity contribution in [2.75, 3.05) is 20.3 Å². The smallest absolute Gasteiger partial charge is 0.247 e. The Morgan fingerprint density at radius 2 is 1.87 bits per heavy atom. The summed E-state index contributed by atoms with van der Waals surface area (Å²) in [6.07, 6.45) is 1.86. The third-order valence-electron chi connectivity index (χ3n) is 7.02. The van der Waals surface area contributed by atoms with Crippen molar-refractivity contribution in [3.05, 3.63) is 89.5 Å². The summed E-state index contributed by atoms with van der Waals surface area (Å²) in [6.45, 7) is 3.30. The Balaban J connectivity index is 1.49. The summed E-state index contributed by atoms with van der Waals surface area (Å²) in [5.41, 5.74) is 4.18. The number of para-hydroxylation sites is 1. The second-order valence-corrected chi connectivity index (χ2v) is 9.80. The fraction of sp³-hybridized carbons (Fsp3) is 0.333. The van der Waals surface area contributed by atoms with Crippen LogP contribution >= 0.6 is 0 Å². The van der Waals surface area contributed by atoms with E-state index in [9.17, 15) is 9.59 Å². The molecule has 9 heteroatoms. The van der Waals surface area contributed by atoms with Crippen molar-refractivity contribution in [2.24, 2.45) is 0 Å². The van der Waals surface area contributed by atoms with Gasteiger partial charge in [0.05, 0.1) is 18.7 Å². The number of methoxy groups -OCH3 is 1. The summed E-state index contributed by atoms with van der Waals surface area (Å²) in [6, 6.07) is 21.8. The fourth-order valence-corrected chi connectivity index (χ4v) is 4.84. The number of rotatable bonds is 10. The van der Waals surface area contributed by atoms with Crippen LogP contribution in [0.2, 0.25) is 0 Å². The number of aryl methyl sites for hydroxylation is 1. The van der Waals surface area contributed by atoms with E-state index in [0.717, 1.165) is 29.5 Å². The van der Waals surface area contributed by atoms with Crippen molar-refractivity contribution in [1.29, 1.82) is 0 Å². The molecular formula is C30H33N5O4. The predicted octanol–water partition coefficient (Wildman–Crippen LogP) is 3.81. The molecule has 1 fully saturated rings. The fourth-order valence-electron chi connectivity index (χ4n) is 4.84. The number of fused-ring (bicyclic) bond motifs is 1. The normalized spacial score (nSPS) is 15.7. The van der Waals surface area contributed by atoms with Crippen molar-refractivity contribution in [3.8, 4) is 5.75 Å². The average Bonchev–Trinajstić information content (AvgIpc) is 3.63. The van der Waals surface area contributed by atoms with Crippen molar-refractivity contribution in [2.45, 2.75) is 45.0 Å². The first kappa shape index (κ1) is 26.4. The maximum absolute atomic E-state index is 14.0. The van der Waals surface area contributed by atoms with Gasteiger partial charge in [-0.05, 0) is 55.2 Å². The number of carbonyl (C=O) groups excluding carboxylic acids is 2. The Kier molecular flexibility index (Phi) is 8.17. The van der Waals surface area contributed by atoms with Crippen molar-refractivity contribution < 1.29 is 19.1 Å². The monoisotopic (exact) mass is 527 g/mol. The van der Waals surface area contributed by atoms with Crippen molar-refractivity contribution in [1.82, 2.24) is 25.2 Å². The predicted molar refractivity (Wildman–Crippen MR) is 147 cm³/mol. The van der Waals surface area contributed by atoms with E-state index in [1.807, 2.05) is 67.6 Å². The summed E-state index contributed by atoms with van der Waals surface area (Å²) in [7, 11) is 1.59. The van der Waals surface area contributed by atoms with Crippen LogP contribution in [-0.4, -0.2) is 58.1 Å². The van der Waals surface area contributed by atoms with E-state index in [-0.39, 0.29) is 31.0 Å². The Morgan fingerprint density at radius 1 is 1.10 bits per heavy atom. The first-order valence-electron chi connectivity index (χ1n) is 13.2. The molecule has 0 spiro atoms. The Morgan fingerprint density at radius 3 is 2.59 bits per heavy atom. The van der Waals surface area contributed by atoms with Gasteiger partial charge in [-0.1, -0.05) is 59.3 Å². The summed E-state index contributed by atoms with van der Waals surface area (Å²) in [4.78, 5) is 29.5. The molecule has 0 aliphatic carbocycles. The maximum atomic E-state index is 14.0. The molecule has 2 heterocycles. The molecule has 3 aromatic carbocycles. The summed E-state index contributed by atoms with van der Waals surface area (Å²) in [5.74, 6) is 0.154. The maximum Gasteiger partial charge on any atom is 0.247 e. The third-order valence-corrected chi connectivity index (χ3v) is 7.02. The molecule has 2 amide bonds. The minimum Gasteiger partial charge on any atom is -0.497 e. The molecule has 0 bridgehead atoms. The molecule has 0 radical (unpaired) electrons. The number of hydrogen-bond acceptors (Lipinski definition) is 6. The van der Waals surface area contributed by atoms with Crippen LogP contribution in [0.1, 0.15) is 35.6 Å². The first-order valence-corrected chi connectivity index (χ1v) is 13.2. The number of aromatic nitrogens is 3. The third kappa shape index (κ3) is 6.26. The van der Waals surface area contributed by atoms with E-state index in [4.69, 9.17) is 9.47 Å². The molecule has 4 aromatic rings. The van der Waals surface area contributed by atoms with Crippen LogP contribution in [0, 0.1) is 6.92 Å². The average molecular weight is 528 g/mol. The van der Waals surface area contributed by atoms with Gasteiger partial charge in [0, 0.05) is 19.7 Å². The Hall–Kier alpha value is -4.24. The van der Waals surface area contributed by atoms with Gasteiger partial charge in [0.1, 0.15) is 23.9 Å². The number of hydrogen-bond donors (Lipinski definition) is 1. The van der Waals surface area contributed by atoms with Crippen LogP contribution in [0.4, 0.5) is 0 Å². The number of benzene rings is 3. The quantitative estimate of drug-likeness (QED) is 0.337. The van der Waals surface area contributed by atoms with Gasteiger partial charge < -0.3 is 19.7 Å². The van der Waals surface area contributed by atoms with Crippen molar-refractivity contribution >= 4 is 22.8 Å². The first-order chi connectivity index (χ1) is 19.0. The lowest BCUT2D eigenvalue weighted by atomic mass is 10.0. The zero-order valence-electron chi connectivity index (χ0n) is 22.2. The van der Waals surface area contributed by atoms with Crippen LogP contribution < -0.4 is 10.1 Å². The number of nitrogens with one attached hydrogen (secondary N) is 1. The van der Waals surface area contributed by atoms with Gasteiger partial charge in [-0.2, -0.15) is 0 Å². The molecule has 39 heavy (non-hydrogen) atoms. The van der Waals surface area contributed by atoms with Gasteiger partial charge in [0.2, 0.25) is 11.8 Å². The van der Waals surface area contributed by atoms with Crippen LogP contribution in [0.15, 0.2) is 72.8 Å². The zero-order valence-corrected chi connectivity index (χ0v) is 22.2. The van der Waals surface area contributed by atoms with Gasteiger partial charge in [-0.3, -0.25) is 9.59 Å². The molecule has 0 saturated carbocycles. The highest BCUT2D eigenvalue weighted by Gasteiger charge is 2.33. The van der Waals surface area contributed by atoms with Gasteiger partial charge in [0.15, 0.2) is 0 Å². The number of carbonyl (C=O) groups is 2. The number of amides is 2. The van der Waals surface area contributed by atoms with E-state index < -0.39 is 6.04 Å². The molecule has 202 valence electrons. The highest BCUT2D eigenvalue weighted by atomic mass is 16.5. The van der Waals surface area contributed by atoms with Gasteiger partial charge in [-0.25, -0.2) is 4.68 Å². The Labute approximate surface area is 227 Å². The van der Waals surface area contributed by atoms with E-state index in [2.05, 4.69) is 15.6 Å². The van der Waals surface area contributed by atoms with Crippen LogP contribution in [0.3, 0.4) is 0 Å². The standard InChI is InChI=1S/C30H33N5O4/c1-21-9-11-22(12-10-21)19-34(28(36)20-35-27-8-4-3-7-26(27)32-33-35)29(23-13-15-24(38-2)16-14-23)30(37)31-18-25-6-5-17-39-25/h3-4,7-16,25,29H,5-6,17-20H2,1-2H3,(H,31,37)/t25-,29-/m0/s1. The van der Waals surface area contributed by atoms with Gasteiger partial charge >= 0.3 is 0 Å². The highest BCUT2D eigenvalue weighted by Crippen LogP contribution is 2.27. The van der Waals surface area contributed by atoms with Gasteiger partial charge in [-0.15, -0.1) is 5.10 Å². The van der Waals surface area contributed by atoms with Crippen LogP contribution in [0.25, 0.3) is 11.0 Å². The molecule has 1 N–H and O–H groups in total. The minimum atomic E-state index is -0.874. The summed E-state index contributed by atoms with van der Waals surface area (Å²) in [5, 5.41) is 11.4. The molecule has 1 aliphatic heterocycles. The zero-order chi connectivity index (χ0) is 27.2. The van der Waals surface area contributed by atoms with Crippen LogP contribution in [0.5, 0.6) is 5.75 Å². The molecular weight excluding hydrogens is 494 g/mol. The number of ether oxygens (including phenoxy) is 2. The minimum absolute atomic E-state index is 0.0202. The lowest BCUT2D eigenvalue weighted by molar-refractivity contribution is -0.142. The lowest BCUT2D eigenvalue weighted by Crippen LogP contribution is -2.46. The van der Waals surface area contributed by atoms with E-state index in [1.54, 1.807) is 28.8 Å². The SMILES string of the molecule is COc1ccc([C@@H](C(=O)NC[C@@H]2CCCO2)N(Cc2ccc(C)cc2)C(=O)Cn2nnc3ccccc32)cc1. The molecule has 5 rings (SSSR count). The topological polar surface area (TPSA) is 98.6 Å². The largest absolute Gasteiger partial charge is 0.497 e.